The second-order valence-electron chi connectivity index (χ2n) is 6.29. The van der Waals surface area contributed by atoms with Gasteiger partial charge in [-0.25, -0.2) is 0 Å². The molecule has 0 aromatic heterocycles. The first kappa shape index (κ1) is 14.7. The van der Waals surface area contributed by atoms with Gasteiger partial charge in [-0.2, -0.15) is 11.8 Å². The molecule has 2 heteroatoms. The molecule has 0 radical (unpaired) electrons. The van der Waals surface area contributed by atoms with E-state index in [-0.39, 0.29) is 0 Å². The quantitative estimate of drug-likeness (QED) is 0.496. The van der Waals surface area contributed by atoms with E-state index in [0.717, 1.165) is 11.8 Å². The molecule has 0 saturated heterocycles. The van der Waals surface area contributed by atoms with Crippen molar-refractivity contribution >= 4 is 23.4 Å². The Kier molecular flexibility index (Phi) is 6.01. The lowest BCUT2D eigenvalue weighted by atomic mass is 9.68. The number of hydrogen-bond donors (Lipinski definition) is 0. The van der Waals surface area contributed by atoms with Gasteiger partial charge < -0.3 is 0 Å². The molecule has 1 fully saturated rings. The molecule has 0 amide bonds. The fourth-order valence-electron chi connectivity index (χ4n) is 2.80. The number of hydrogen-bond acceptors (Lipinski definition) is 1. The zero-order chi connectivity index (χ0) is 12.2. The van der Waals surface area contributed by atoms with Crippen LogP contribution in [0.4, 0.5) is 0 Å². The Morgan fingerprint density at radius 3 is 2.50 bits per heavy atom. The fraction of sp³-hybridized carbons (Fsp3) is 1.00. The van der Waals surface area contributed by atoms with Crippen molar-refractivity contribution in [1.82, 2.24) is 0 Å². The van der Waals surface area contributed by atoms with Crippen molar-refractivity contribution in [3.05, 3.63) is 0 Å². The van der Waals surface area contributed by atoms with Gasteiger partial charge in [0, 0.05) is 5.38 Å². The van der Waals surface area contributed by atoms with Crippen LogP contribution in [0.3, 0.4) is 0 Å². The van der Waals surface area contributed by atoms with E-state index >= 15 is 0 Å². The van der Waals surface area contributed by atoms with Crippen molar-refractivity contribution in [3.63, 3.8) is 0 Å². The van der Waals surface area contributed by atoms with E-state index in [9.17, 15) is 0 Å². The molecule has 1 aliphatic carbocycles. The van der Waals surface area contributed by atoms with Crippen LogP contribution >= 0.6 is 23.4 Å². The van der Waals surface area contributed by atoms with Crippen molar-refractivity contribution in [2.24, 2.45) is 17.3 Å². The first-order valence-electron chi connectivity index (χ1n) is 6.58. The Labute approximate surface area is 111 Å². The topological polar surface area (TPSA) is 0 Å². The molecule has 0 aromatic carbocycles. The van der Waals surface area contributed by atoms with Gasteiger partial charge in [0.25, 0.3) is 0 Å². The lowest BCUT2D eigenvalue weighted by Crippen LogP contribution is -2.32. The molecule has 0 N–H and O–H groups in total. The highest BCUT2D eigenvalue weighted by Crippen LogP contribution is 2.43. The molecule has 16 heavy (non-hydrogen) atoms. The Morgan fingerprint density at radius 1 is 1.25 bits per heavy atom. The van der Waals surface area contributed by atoms with Crippen molar-refractivity contribution in [2.45, 2.75) is 58.3 Å². The van der Waals surface area contributed by atoms with Gasteiger partial charge in [0.15, 0.2) is 0 Å². The molecule has 0 heterocycles. The van der Waals surface area contributed by atoms with E-state index in [4.69, 9.17) is 11.6 Å². The summed E-state index contributed by atoms with van der Waals surface area (Å²) in [6.07, 6.45) is 8.78. The maximum absolute atomic E-state index is 6.47. The Morgan fingerprint density at radius 2 is 1.94 bits per heavy atom. The zero-order valence-corrected chi connectivity index (χ0v) is 12.8. The smallest absolute Gasteiger partial charge is 0.0364 e. The van der Waals surface area contributed by atoms with Crippen LogP contribution in [0.15, 0.2) is 0 Å². The average Bonchev–Trinajstić information content (AvgIpc) is 2.19. The molecule has 0 aromatic rings. The number of halogens is 1. The summed E-state index contributed by atoms with van der Waals surface area (Å²) in [5, 5.41) is 0.445. The highest BCUT2D eigenvalue weighted by Gasteiger charge is 2.34. The molecule has 0 aliphatic heterocycles. The Balaban J connectivity index is 2.42. The van der Waals surface area contributed by atoms with Crippen LogP contribution in [0.25, 0.3) is 0 Å². The number of alkyl halides is 1. The lowest BCUT2D eigenvalue weighted by molar-refractivity contribution is 0.140. The van der Waals surface area contributed by atoms with Gasteiger partial charge in [-0.3, -0.25) is 0 Å². The molecule has 1 rings (SSSR count). The normalized spacial score (nSPS) is 31.7. The second kappa shape index (κ2) is 6.54. The van der Waals surface area contributed by atoms with Gasteiger partial charge in [-0.15, -0.1) is 11.6 Å². The summed E-state index contributed by atoms with van der Waals surface area (Å²) in [6.45, 7) is 7.14. The van der Waals surface area contributed by atoms with Crippen LogP contribution in [0.1, 0.15) is 52.9 Å². The average molecular weight is 263 g/mol. The molecule has 0 spiro atoms. The highest BCUT2D eigenvalue weighted by molar-refractivity contribution is 7.98. The summed E-state index contributed by atoms with van der Waals surface area (Å²) in [4.78, 5) is 0. The summed E-state index contributed by atoms with van der Waals surface area (Å²) in [6, 6.07) is 0. The summed E-state index contributed by atoms with van der Waals surface area (Å²) in [7, 11) is 0. The molecule has 1 saturated carbocycles. The monoisotopic (exact) mass is 262 g/mol. The van der Waals surface area contributed by atoms with E-state index in [1.54, 1.807) is 0 Å². The van der Waals surface area contributed by atoms with Crippen LogP contribution in [0.5, 0.6) is 0 Å². The van der Waals surface area contributed by atoms with Gasteiger partial charge in [0.2, 0.25) is 0 Å². The zero-order valence-electron chi connectivity index (χ0n) is 11.3. The summed E-state index contributed by atoms with van der Waals surface area (Å²) in [5.74, 6) is 2.94. The molecular formula is C14H27ClS. The minimum atomic E-state index is 0.445. The number of rotatable bonds is 4. The third kappa shape index (κ3) is 4.49. The van der Waals surface area contributed by atoms with Crippen molar-refractivity contribution in [1.29, 1.82) is 0 Å². The van der Waals surface area contributed by atoms with Crippen LogP contribution in [0, 0.1) is 17.3 Å². The van der Waals surface area contributed by atoms with Gasteiger partial charge in [-0.1, -0.05) is 20.8 Å². The molecule has 3 unspecified atom stereocenters. The first-order valence-corrected chi connectivity index (χ1v) is 8.41. The lowest BCUT2D eigenvalue weighted by Gasteiger charge is -2.40. The molecule has 3 atom stereocenters. The maximum Gasteiger partial charge on any atom is 0.0364 e. The second-order valence-corrected chi connectivity index (χ2v) is 7.83. The standard InChI is InChI=1S/C14H27ClS/c1-14(2,3)12-7-8-13(15)11(10-12)6-5-9-16-4/h11-13H,5-10H2,1-4H3. The van der Waals surface area contributed by atoms with Crippen LogP contribution in [-0.2, 0) is 0 Å². The highest BCUT2D eigenvalue weighted by atomic mass is 35.5. The van der Waals surface area contributed by atoms with Gasteiger partial charge >= 0.3 is 0 Å². The molecular weight excluding hydrogens is 236 g/mol. The summed E-state index contributed by atoms with van der Waals surface area (Å²) < 4.78 is 0. The van der Waals surface area contributed by atoms with E-state index in [1.165, 1.54) is 37.9 Å². The van der Waals surface area contributed by atoms with Crippen LogP contribution in [-0.4, -0.2) is 17.4 Å². The van der Waals surface area contributed by atoms with Gasteiger partial charge in [0.1, 0.15) is 0 Å². The van der Waals surface area contributed by atoms with E-state index in [0.29, 0.717) is 10.8 Å². The van der Waals surface area contributed by atoms with Crippen molar-refractivity contribution in [3.8, 4) is 0 Å². The fourth-order valence-corrected chi connectivity index (χ4v) is 3.61. The van der Waals surface area contributed by atoms with Crippen molar-refractivity contribution in [2.75, 3.05) is 12.0 Å². The van der Waals surface area contributed by atoms with Crippen LogP contribution in [0.2, 0.25) is 0 Å². The first-order chi connectivity index (χ1) is 7.45. The largest absolute Gasteiger partial charge is 0.165 e. The van der Waals surface area contributed by atoms with E-state index in [2.05, 4.69) is 27.0 Å². The predicted molar refractivity (Wildman–Crippen MR) is 77.5 cm³/mol. The van der Waals surface area contributed by atoms with Gasteiger partial charge in [0.05, 0.1) is 0 Å². The third-order valence-electron chi connectivity index (χ3n) is 4.04. The van der Waals surface area contributed by atoms with Crippen molar-refractivity contribution < 1.29 is 0 Å². The Bertz CT molecular complexity index is 197. The summed E-state index contributed by atoms with van der Waals surface area (Å²) in [5.41, 5.74) is 0.467. The SMILES string of the molecule is CSCCCC1CC(C(C)(C)C)CCC1Cl. The Hall–Kier alpha value is 0.640. The van der Waals surface area contributed by atoms with E-state index in [1.807, 2.05) is 11.8 Å². The molecule has 1 aliphatic rings. The van der Waals surface area contributed by atoms with Crippen LogP contribution < -0.4 is 0 Å². The molecule has 0 bridgehead atoms. The minimum Gasteiger partial charge on any atom is -0.165 e. The maximum atomic E-state index is 6.47. The van der Waals surface area contributed by atoms with E-state index < -0.39 is 0 Å². The predicted octanol–water partition coefficient (Wildman–Crippen LogP) is 5.20. The van der Waals surface area contributed by atoms with Gasteiger partial charge in [-0.05, 0) is 61.4 Å². The summed E-state index contributed by atoms with van der Waals surface area (Å²) >= 11 is 8.42. The molecule has 96 valence electrons. The molecule has 0 nitrogen and oxygen atoms in total. The minimum absolute atomic E-state index is 0.445. The third-order valence-corrected chi connectivity index (χ3v) is 5.31. The number of thioether (sulfide) groups is 1.